The Morgan fingerprint density at radius 3 is 2.83 bits per heavy atom. The second-order valence-electron chi connectivity index (χ2n) is 2.78. The Labute approximate surface area is 78.1 Å². The third kappa shape index (κ3) is 1.54. The molecule has 2 rings (SSSR count). The van der Waals surface area contributed by atoms with E-state index in [9.17, 15) is 0 Å². The molecule has 0 amide bonds. The van der Waals surface area contributed by atoms with Crippen LogP contribution >= 0.6 is 12.4 Å². The van der Waals surface area contributed by atoms with E-state index in [1.165, 1.54) is 0 Å². The van der Waals surface area contributed by atoms with E-state index in [4.69, 9.17) is 10.5 Å². The van der Waals surface area contributed by atoms with E-state index >= 15 is 0 Å². The molecular formula is C9H12ClNO. The van der Waals surface area contributed by atoms with Gasteiger partial charge in [-0.05, 0) is 6.07 Å². The molecule has 1 atom stereocenters. The van der Waals surface area contributed by atoms with Crippen molar-refractivity contribution < 1.29 is 4.74 Å². The SMILES string of the molecule is Cl.N[C@H]1CCOc2ccccc21. The smallest absolute Gasteiger partial charge is 0.124 e. The predicted octanol–water partition coefficient (Wildman–Crippen LogP) is 1.89. The minimum Gasteiger partial charge on any atom is -0.493 e. The zero-order chi connectivity index (χ0) is 7.68. The van der Waals surface area contributed by atoms with Crippen LogP contribution in [0.5, 0.6) is 5.75 Å². The van der Waals surface area contributed by atoms with Gasteiger partial charge in [0.05, 0.1) is 6.61 Å². The lowest BCUT2D eigenvalue weighted by molar-refractivity contribution is 0.269. The molecule has 0 saturated carbocycles. The highest BCUT2D eigenvalue weighted by Crippen LogP contribution is 2.29. The van der Waals surface area contributed by atoms with E-state index in [0.717, 1.165) is 24.3 Å². The third-order valence-corrected chi connectivity index (χ3v) is 2.00. The van der Waals surface area contributed by atoms with Crippen LogP contribution in [-0.4, -0.2) is 6.61 Å². The molecule has 0 radical (unpaired) electrons. The van der Waals surface area contributed by atoms with Crippen LogP contribution in [0.25, 0.3) is 0 Å². The summed E-state index contributed by atoms with van der Waals surface area (Å²) in [5.41, 5.74) is 7.00. The molecule has 1 aliphatic heterocycles. The van der Waals surface area contributed by atoms with Gasteiger partial charge in [-0.15, -0.1) is 12.4 Å². The molecule has 0 aliphatic carbocycles. The highest BCUT2D eigenvalue weighted by atomic mass is 35.5. The Bertz CT molecular complexity index is 264. The standard InChI is InChI=1S/C9H11NO.ClH/c10-8-5-6-11-9-4-2-1-3-7(8)9;/h1-4,8H,5-6,10H2;1H/t8-;/m0./s1. The highest BCUT2D eigenvalue weighted by molar-refractivity contribution is 5.85. The summed E-state index contributed by atoms with van der Waals surface area (Å²) in [7, 11) is 0. The van der Waals surface area contributed by atoms with Gasteiger partial charge in [0.2, 0.25) is 0 Å². The van der Waals surface area contributed by atoms with Crippen LogP contribution < -0.4 is 10.5 Å². The van der Waals surface area contributed by atoms with Crippen molar-refractivity contribution in [1.82, 2.24) is 0 Å². The second-order valence-corrected chi connectivity index (χ2v) is 2.78. The monoisotopic (exact) mass is 185 g/mol. The number of hydrogen-bond donors (Lipinski definition) is 1. The normalized spacial score (nSPS) is 20.2. The van der Waals surface area contributed by atoms with Crippen LogP contribution in [0.4, 0.5) is 0 Å². The third-order valence-electron chi connectivity index (χ3n) is 2.00. The van der Waals surface area contributed by atoms with Gasteiger partial charge in [0.15, 0.2) is 0 Å². The first-order valence-electron chi connectivity index (χ1n) is 3.85. The first-order valence-corrected chi connectivity index (χ1v) is 3.85. The van der Waals surface area contributed by atoms with Gasteiger partial charge in [-0.25, -0.2) is 0 Å². The number of benzene rings is 1. The molecular weight excluding hydrogens is 174 g/mol. The van der Waals surface area contributed by atoms with Crippen LogP contribution in [0.15, 0.2) is 24.3 Å². The van der Waals surface area contributed by atoms with E-state index in [1.807, 2.05) is 24.3 Å². The minimum absolute atomic E-state index is 0. The van der Waals surface area contributed by atoms with Crippen molar-refractivity contribution in [1.29, 1.82) is 0 Å². The minimum atomic E-state index is 0. The van der Waals surface area contributed by atoms with E-state index < -0.39 is 0 Å². The number of hydrogen-bond acceptors (Lipinski definition) is 2. The maximum atomic E-state index is 5.87. The maximum absolute atomic E-state index is 5.87. The Balaban J connectivity index is 0.000000720. The Kier molecular flexibility index (Phi) is 2.95. The molecule has 0 fully saturated rings. The van der Waals surface area contributed by atoms with Gasteiger partial charge in [0.25, 0.3) is 0 Å². The molecule has 0 unspecified atom stereocenters. The van der Waals surface area contributed by atoms with Crippen LogP contribution in [0.2, 0.25) is 0 Å². The van der Waals surface area contributed by atoms with Crippen LogP contribution in [0.3, 0.4) is 0 Å². The van der Waals surface area contributed by atoms with Crippen molar-refractivity contribution in [2.45, 2.75) is 12.5 Å². The quantitative estimate of drug-likeness (QED) is 0.670. The molecule has 1 aromatic carbocycles. The Morgan fingerprint density at radius 1 is 1.33 bits per heavy atom. The van der Waals surface area contributed by atoms with Crippen LogP contribution in [-0.2, 0) is 0 Å². The maximum Gasteiger partial charge on any atom is 0.124 e. The molecule has 0 aromatic heterocycles. The molecule has 1 aliphatic rings. The van der Waals surface area contributed by atoms with Gasteiger partial charge >= 0.3 is 0 Å². The number of rotatable bonds is 0. The Hall–Kier alpha value is -0.730. The summed E-state index contributed by atoms with van der Waals surface area (Å²) in [4.78, 5) is 0. The van der Waals surface area contributed by atoms with Crippen molar-refractivity contribution >= 4 is 12.4 Å². The second kappa shape index (κ2) is 3.78. The predicted molar refractivity (Wildman–Crippen MR) is 50.7 cm³/mol. The molecule has 2 nitrogen and oxygen atoms in total. The fraction of sp³-hybridized carbons (Fsp3) is 0.333. The fourth-order valence-corrected chi connectivity index (χ4v) is 1.37. The average molecular weight is 186 g/mol. The van der Waals surface area contributed by atoms with Crippen LogP contribution in [0, 0.1) is 0 Å². The van der Waals surface area contributed by atoms with Gasteiger partial charge in [-0.3, -0.25) is 0 Å². The Morgan fingerprint density at radius 2 is 2.08 bits per heavy atom. The van der Waals surface area contributed by atoms with Crippen molar-refractivity contribution in [2.75, 3.05) is 6.61 Å². The number of ether oxygens (including phenoxy) is 1. The number of nitrogens with two attached hydrogens (primary N) is 1. The molecule has 0 saturated heterocycles. The summed E-state index contributed by atoms with van der Waals surface area (Å²) in [5, 5.41) is 0. The fourth-order valence-electron chi connectivity index (χ4n) is 1.37. The lowest BCUT2D eigenvalue weighted by Gasteiger charge is -2.22. The zero-order valence-electron chi connectivity index (χ0n) is 6.69. The summed E-state index contributed by atoms with van der Waals surface area (Å²) < 4.78 is 5.41. The van der Waals surface area contributed by atoms with Crippen molar-refractivity contribution in [3.05, 3.63) is 29.8 Å². The average Bonchev–Trinajstić information content (AvgIpc) is 2.06. The van der Waals surface area contributed by atoms with Crippen molar-refractivity contribution in [3.63, 3.8) is 0 Å². The van der Waals surface area contributed by atoms with E-state index in [1.54, 1.807) is 0 Å². The van der Waals surface area contributed by atoms with Crippen LogP contribution in [0.1, 0.15) is 18.0 Å². The largest absolute Gasteiger partial charge is 0.493 e. The lowest BCUT2D eigenvalue weighted by atomic mass is 10.0. The summed E-state index contributed by atoms with van der Waals surface area (Å²) in [6.07, 6.45) is 0.928. The van der Waals surface area contributed by atoms with Crippen molar-refractivity contribution in [2.24, 2.45) is 5.73 Å². The summed E-state index contributed by atoms with van der Waals surface area (Å²) in [6, 6.07) is 8.12. The lowest BCUT2D eigenvalue weighted by Crippen LogP contribution is -2.20. The van der Waals surface area contributed by atoms with Gasteiger partial charge in [0, 0.05) is 18.0 Å². The first-order chi connectivity index (χ1) is 5.38. The van der Waals surface area contributed by atoms with Gasteiger partial charge < -0.3 is 10.5 Å². The molecule has 66 valence electrons. The zero-order valence-corrected chi connectivity index (χ0v) is 7.51. The highest BCUT2D eigenvalue weighted by Gasteiger charge is 2.16. The molecule has 0 spiro atoms. The topological polar surface area (TPSA) is 35.2 Å². The first kappa shape index (κ1) is 9.36. The molecule has 0 bridgehead atoms. The summed E-state index contributed by atoms with van der Waals surface area (Å²) >= 11 is 0. The molecule has 12 heavy (non-hydrogen) atoms. The van der Waals surface area contributed by atoms with E-state index in [0.29, 0.717) is 0 Å². The van der Waals surface area contributed by atoms with Gasteiger partial charge in [-0.1, -0.05) is 18.2 Å². The van der Waals surface area contributed by atoms with E-state index in [2.05, 4.69) is 0 Å². The molecule has 1 aromatic rings. The molecule has 2 N–H and O–H groups in total. The van der Waals surface area contributed by atoms with Gasteiger partial charge in [0.1, 0.15) is 5.75 Å². The number of para-hydroxylation sites is 1. The van der Waals surface area contributed by atoms with E-state index in [-0.39, 0.29) is 18.4 Å². The van der Waals surface area contributed by atoms with Gasteiger partial charge in [-0.2, -0.15) is 0 Å². The molecule has 1 heterocycles. The molecule has 3 heteroatoms. The summed E-state index contributed by atoms with van der Waals surface area (Å²) in [6.45, 7) is 0.748. The number of halogens is 1. The van der Waals surface area contributed by atoms with Crippen molar-refractivity contribution in [3.8, 4) is 5.75 Å². The number of fused-ring (bicyclic) bond motifs is 1. The summed E-state index contributed by atoms with van der Waals surface area (Å²) in [5.74, 6) is 0.950.